The predicted molar refractivity (Wildman–Crippen MR) is 117 cm³/mol. The van der Waals surface area contributed by atoms with Crippen LogP contribution < -0.4 is 14.4 Å². The van der Waals surface area contributed by atoms with Crippen LogP contribution in [0.4, 0.5) is 11.4 Å². The molecule has 0 aliphatic carbocycles. The maximum absolute atomic E-state index is 12.6. The number of sulfonamides is 1. The highest BCUT2D eigenvalue weighted by Crippen LogP contribution is 2.27. The zero-order valence-electron chi connectivity index (χ0n) is 15.1. The van der Waals surface area contributed by atoms with E-state index in [9.17, 15) is 13.2 Å². The highest BCUT2D eigenvalue weighted by Gasteiger charge is 2.22. The van der Waals surface area contributed by atoms with Crippen molar-refractivity contribution < 1.29 is 17.9 Å². The number of nitrogens with one attached hydrogen (secondary N) is 1. The number of ether oxygens (including phenoxy) is 1. The predicted octanol–water partition coefficient (Wildman–Crippen LogP) is 4.90. The van der Waals surface area contributed by atoms with Crippen molar-refractivity contribution in [2.75, 3.05) is 23.3 Å². The summed E-state index contributed by atoms with van der Waals surface area (Å²) in [4.78, 5) is 12.1. The number of halogens is 2. The van der Waals surface area contributed by atoms with E-state index in [1.165, 1.54) is 11.4 Å². The van der Waals surface area contributed by atoms with Gasteiger partial charge in [0.25, 0.3) is 15.9 Å². The third-order valence-electron chi connectivity index (χ3n) is 3.88. The SMILES string of the molecule is CN(c1ccc(OCC(=O)Nc2cc(Cl)ccc2Cl)cc1)S(=O)(=O)c1cccs1. The number of amides is 1. The fourth-order valence-corrected chi connectivity index (χ4v) is 5.06. The van der Waals surface area contributed by atoms with Gasteiger partial charge in [0.1, 0.15) is 9.96 Å². The molecule has 0 bridgehead atoms. The van der Waals surface area contributed by atoms with Crippen LogP contribution in [0.25, 0.3) is 0 Å². The van der Waals surface area contributed by atoms with Gasteiger partial charge in [-0.25, -0.2) is 8.42 Å². The quantitative estimate of drug-likeness (QED) is 0.532. The highest BCUT2D eigenvalue weighted by atomic mass is 35.5. The van der Waals surface area contributed by atoms with E-state index >= 15 is 0 Å². The van der Waals surface area contributed by atoms with Crippen LogP contribution in [0.5, 0.6) is 5.75 Å². The van der Waals surface area contributed by atoms with Gasteiger partial charge in [-0.05, 0) is 53.9 Å². The van der Waals surface area contributed by atoms with Gasteiger partial charge >= 0.3 is 0 Å². The van der Waals surface area contributed by atoms with Crippen molar-refractivity contribution in [1.29, 1.82) is 0 Å². The number of anilines is 2. The fraction of sp³-hybridized carbons (Fsp3) is 0.105. The second kappa shape index (κ2) is 9.04. The van der Waals surface area contributed by atoms with Crippen LogP contribution in [0.1, 0.15) is 0 Å². The van der Waals surface area contributed by atoms with Crippen LogP contribution in [0.3, 0.4) is 0 Å². The lowest BCUT2D eigenvalue weighted by atomic mass is 10.3. The van der Waals surface area contributed by atoms with Crippen LogP contribution in [-0.4, -0.2) is 28.0 Å². The Morgan fingerprint density at radius 3 is 2.52 bits per heavy atom. The number of hydrogen-bond donors (Lipinski definition) is 1. The van der Waals surface area contributed by atoms with Crippen molar-refractivity contribution in [2.24, 2.45) is 0 Å². The van der Waals surface area contributed by atoms with E-state index in [1.54, 1.807) is 60.0 Å². The Morgan fingerprint density at radius 2 is 1.86 bits per heavy atom. The average molecular weight is 471 g/mol. The van der Waals surface area contributed by atoms with Crippen molar-refractivity contribution >= 4 is 61.8 Å². The lowest BCUT2D eigenvalue weighted by Crippen LogP contribution is -2.25. The first-order valence-corrected chi connectivity index (χ1v) is 11.3. The minimum absolute atomic E-state index is 0.245. The summed E-state index contributed by atoms with van der Waals surface area (Å²) in [7, 11) is -2.13. The molecule has 0 atom stereocenters. The number of hydrogen-bond acceptors (Lipinski definition) is 5. The van der Waals surface area contributed by atoms with Gasteiger partial charge in [-0.2, -0.15) is 0 Å². The van der Waals surface area contributed by atoms with E-state index in [-0.39, 0.29) is 10.8 Å². The minimum atomic E-state index is -3.61. The molecule has 10 heteroatoms. The third kappa shape index (κ3) is 5.22. The van der Waals surface area contributed by atoms with Crippen LogP contribution >= 0.6 is 34.5 Å². The number of nitrogens with zero attached hydrogens (tertiary/aromatic N) is 1. The van der Waals surface area contributed by atoms with Gasteiger partial charge in [-0.3, -0.25) is 9.10 Å². The van der Waals surface area contributed by atoms with Gasteiger partial charge in [-0.15, -0.1) is 11.3 Å². The van der Waals surface area contributed by atoms with Crippen molar-refractivity contribution in [1.82, 2.24) is 0 Å². The Balaban J connectivity index is 1.60. The molecular weight excluding hydrogens is 455 g/mol. The number of rotatable bonds is 7. The normalized spacial score (nSPS) is 11.1. The topological polar surface area (TPSA) is 75.7 Å². The van der Waals surface area contributed by atoms with E-state index in [4.69, 9.17) is 27.9 Å². The molecule has 3 rings (SSSR count). The van der Waals surface area contributed by atoms with E-state index in [2.05, 4.69) is 5.32 Å². The first-order chi connectivity index (χ1) is 13.8. The molecule has 6 nitrogen and oxygen atoms in total. The second-order valence-electron chi connectivity index (χ2n) is 5.86. The second-order valence-corrected chi connectivity index (χ2v) is 9.85. The molecule has 0 radical (unpaired) electrons. The molecule has 0 saturated heterocycles. The summed E-state index contributed by atoms with van der Waals surface area (Å²) in [6.45, 7) is -0.245. The van der Waals surface area contributed by atoms with Crippen molar-refractivity contribution in [3.8, 4) is 5.75 Å². The Bertz CT molecular complexity index is 1100. The smallest absolute Gasteiger partial charge is 0.273 e. The minimum Gasteiger partial charge on any atom is -0.484 e. The molecule has 0 aliphatic rings. The molecule has 29 heavy (non-hydrogen) atoms. The molecule has 0 fully saturated rings. The summed E-state index contributed by atoms with van der Waals surface area (Å²) in [5.41, 5.74) is 0.865. The molecule has 1 heterocycles. The van der Waals surface area contributed by atoms with Gasteiger partial charge in [0.05, 0.1) is 16.4 Å². The molecule has 3 aromatic rings. The molecular formula is C19H16Cl2N2O4S2. The molecule has 2 aromatic carbocycles. The molecule has 0 saturated carbocycles. The summed E-state index contributed by atoms with van der Waals surface area (Å²) < 4.78 is 32.0. The molecule has 0 aliphatic heterocycles. The maximum Gasteiger partial charge on any atom is 0.273 e. The van der Waals surface area contributed by atoms with E-state index in [1.807, 2.05) is 0 Å². The molecule has 1 N–H and O–H groups in total. The fourth-order valence-electron chi connectivity index (χ4n) is 2.36. The molecule has 1 amide bonds. The molecule has 0 spiro atoms. The first-order valence-electron chi connectivity index (χ1n) is 8.27. The molecule has 152 valence electrons. The van der Waals surface area contributed by atoms with Crippen molar-refractivity contribution in [3.05, 3.63) is 70.0 Å². The molecule has 0 unspecified atom stereocenters. The Morgan fingerprint density at radius 1 is 1.14 bits per heavy atom. The van der Waals surface area contributed by atoms with Gasteiger partial charge in [0.15, 0.2) is 6.61 Å². The van der Waals surface area contributed by atoms with Gasteiger partial charge in [-0.1, -0.05) is 29.3 Å². The Labute approximate surface area is 182 Å². The average Bonchev–Trinajstić information content (AvgIpc) is 3.25. The first kappa shape index (κ1) is 21.4. The lowest BCUT2D eigenvalue weighted by molar-refractivity contribution is -0.118. The van der Waals surface area contributed by atoms with Crippen LogP contribution in [-0.2, 0) is 14.8 Å². The summed E-state index contributed by atoms with van der Waals surface area (Å²) in [5.74, 6) is 0.0126. The number of carbonyl (C=O) groups is 1. The third-order valence-corrected chi connectivity index (χ3v) is 7.61. The standard InChI is InChI=1S/C19H16Cl2N2O4S2/c1-23(29(25,26)19-3-2-10-28-19)14-5-7-15(8-6-14)27-12-18(24)22-17-11-13(20)4-9-16(17)21/h2-11H,12H2,1H3,(H,22,24). The van der Waals surface area contributed by atoms with Crippen LogP contribution in [0.2, 0.25) is 10.0 Å². The van der Waals surface area contributed by atoms with E-state index in [0.29, 0.717) is 27.2 Å². The van der Waals surface area contributed by atoms with Crippen LogP contribution in [0, 0.1) is 0 Å². The summed E-state index contributed by atoms with van der Waals surface area (Å²) in [5, 5.41) is 5.14. The Hall–Kier alpha value is -2.26. The monoisotopic (exact) mass is 470 g/mol. The van der Waals surface area contributed by atoms with E-state index < -0.39 is 15.9 Å². The van der Waals surface area contributed by atoms with E-state index in [0.717, 1.165) is 11.3 Å². The molecule has 1 aromatic heterocycles. The summed E-state index contributed by atoms with van der Waals surface area (Å²) in [6, 6.07) is 14.4. The van der Waals surface area contributed by atoms with Gasteiger partial charge in [0, 0.05) is 12.1 Å². The zero-order chi connectivity index (χ0) is 21.0. The van der Waals surface area contributed by atoms with Crippen molar-refractivity contribution in [2.45, 2.75) is 4.21 Å². The summed E-state index contributed by atoms with van der Waals surface area (Å²) in [6.07, 6.45) is 0. The number of benzene rings is 2. The largest absolute Gasteiger partial charge is 0.484 e. The summed E-state index contributed by atoms with van der Waals surface area (Å²) >= 11 is 13.1. The van der Waals surface area contributed by atoms with Gasteiger partial charge < -0.3 is 10.1 Å². The van der Waals surface area contributed by atoms with Crippen molar-refractivity contribution in [3.63, 3.8) is 0 Å². The van der Waals surface area contributed by atoms with Gasteiger partial charge in [0.2, 0.25) is 0 Å². The number of carbonyl (C=O) groups excluding carboxylic acids is 1. The highest BCUT2D eigenvalue weighted by molar-refractivity contribution is 7.94. The maximum atomic E-state index is 12.6. The lowest BCUT2D eigenvalue weighted by Gasteiger charge is -2.18. The Kier molecular flexibility index (Phi) is 6.69. The number of thiophene rings is 1. The van der Waals surface area contributed by atoms with Crippen LogP contribution in [0.15, 0.2) is 64.2 Å². The zero-order valence-corrected chi connectivity index (χ0v) is 18.3.